The first-order valence-corrected chi connectivity index (χ1v) is 11.9. The van der Waals surface area contributed by atoms with Crippen molar-refractivity contribution in [2.75, 3.05) is 20.3 Å². The molecule has 1 aliphatic rings. The van der Waals surface area contributed by atoms with Crippen LogP contribution in [0.2, 0.25) is 0 Å². The fourth-order valence-corrected chi connectivity index (χ4v) is 4.33. The minimum atomic E-state index is -0.229. The molecule has 4 rings (SSSR count). The molecular formula is C27H33N3O3. The van der Waals surface area contributed by atoms with E-state index in [1.807, 2.05) is 23.1 Å². The van der Waals surface area contributed by atoms with Gasteiger partial charge in [-0.05, 0) is 37.5 Å². The summed E-state index contributed by atoms with van der Waals surface area (Å²) in [6.07, 6.45) is 4.02. The normalized spacial score (nSPS) is 15.1. The van der Waals surface area contributed by atoms with E-state index < -0.39 is 0 Å². The number of unbranched alkanes of at least 4 members (excludes halogenated alkanes) is 2. The Morgan fingerprint density at radius 2 is 1.79 bits per heavy atom. The SMILES string of the molecule is CCCCOc1ccc(C2c3c(-c4ccc(C)cc4)n[nH]c3C(=O)N2CCCC)cc1OC. The summed E-state index contributed by atoms with van der Waals surface area (Å²) in [5, 5.41) is 7.59. The van der Waals surface area contributed by atoms with E-state index in [2.05, 4.69) is 55.2 Å². The second kappa shape index (κ2) is 10.1. The smallest absolute Gasteiger partial charge is 0.273 e. The molecule has 0 spiro atoms. The summed E-state index contributed by atoms with van der Waals surface area (Å²) >= 11 is 0. The molecule has 0 saturated heterocycles. The monoisotopic (exact) mass is 447 g/mol. The van der Waals surface area contributed by atoms with E-state index in [-0.39, 0.29) is 11.9 Å². The molecule has 0 fully saturated rings. The van der Waals surface area contributed by atoms with Crippen LogP contribution in [0.3, 0.4) is 0 Å². The largest absolute Gasteiger partial charge is 0.493 e. The number of fused-ring (bicyclic) bond motifs is 1. The lowest BCUT2D eigenvalue weighted by Gasteiger charge is -2.27. The molecule has 1 aliphatic heterocycles. The standard InChI is InChI=1S/C27H33N3O3/c1-5-7-15-30-26(20-13-14-21(22(17-20)32-4)33-16-8-6-2)23-24(28-29-25(23)27(30)31)19-11-9-18(3)10-12-19/h9-14,17,26H,5-8,15-16H2,1-4H3,(H,28,29). The van der Waals surface area contributed by atoms with Gasteiger partial charge in [-0.25, -0.2) is 0 Å². The zero-order chi connectivity index (χ0) is 23.4. The van der Waals surface area contributed by atoms with E-state index >= 15 is 0 Å². The van der Waals surface area contributed by atoms with Gasteiger partial charge in [-0.3, -0.25) is 9.89 Å². The van der Waals surface area contributed by atoms with Crippen LogP contribution < -0.4 is 9.47 Å². The van der Waals surface area contributed by atoms with Crippen LogP contribution >= 0.6 is 0 Å². The highest BCUT2D eigenvalue weighted by molar-refractivity contribution is 6.00. The molecule has 3 aromatic rings. The molecule has 174 valence electrons. The number of ether oxygens (including phenoxy) is 2. The predicted octanol–water partition coefficient (Wildman–Crippen LogP) is 5.92. The number of methoxy groups -OCH3 is 1. The molecule has 33 heavy (non-hydrogen) atoms. The number of aromatic amines is 1. The molecule has 0 radical (unpaired) electrons. The Bertz CT molecular complexity index is 1100. The molecular weight excluding hydrogens is 414 g/mol. The van der Waals surface area contributed by atoms with Gasteiger partial charge >= 0.3 is 0 Å². The van der Waals surface area contributed by atoms with Gasteiger partial charge in [0.1, 0.15) is 5.69 Å². The van der Waals surface area contributed by atoms with Gasteiger partial charge in [0.15, 0.2) is 11.5 Å². The second-order valence-corrected chi connectivity index (χ2v) is 8.59. The number of aryl methyl sites for hydroxylation is 1. The summed E-state index contributed by atoms with van der Waals surface area (Å²) in [7, 11) is 1.65. The second-order valence-electron chi connectivity index (χ2n) is 8.59. The predicted molar refractivity (Wildman–Crippen MR) is 130 cm³/mol. The summed E-state index contributed by atoms with van der Waals surface area (Å²) < 4.78 is 11.6. The van der Waals surface area contributed by atoms with Gasteiger partial charge < -0.3 is 14.4 Å². The van der Waals surface area contributed by atoms with E-state index in [1.54, 1.807) is 7.11 Å². The Labute approximate surface area is 195 Å². The molecule has 2 heterocycles. The van der Waals surface area contributed by atoms with Crippen LogP contribution in [0.15, 0.2) is 42.5 Å². The quantitative estimate of drug-likeness (QED) is 0.392. The fourth-order valence-electron chi connectivity index (χ4n) is 4.33. The van der Waals surface area contributed by atoms with Gasteiger partial charge in [0.05, 0.1) is 25.5 Å². The number of hydrogen-bond acceptors (Lipinski definition) is 4. The molecule has 0 bridgehead atoms. The average Bonchev–Trinajstić information content (AvgIpc) is 3.37. The molecule has 6 nitrogen and oxygen atoms in total. The lowest BCUT2D eigenvalue weighted by atomic mass is 9.95. The van der Waals surface area contributed by atoms with Crippen molar-refractivity contribution in [2.45, 2.75) is 52.5 Å². The molecule has 6 heteroatoms. The Hall–Kier alpha value is -3.28. The van der Waals surface area contributed by atoms with Crippen LogP contribution in [-0.4, -0.2) is 41.3 Å². The maximum Gasteiger partial charge on any atom is 0.273 e. The molecule has 2 aromatic carbocycles. The van der Waals surface area contributed by atoms with Gasteiger partial charge in [-0.2, -0.15) is 5.10 Å². The Balaban J connectivity index is 1.78. The number of hydrogen-bond donors (Lipinski definition) is 1. The van der Waals surface area contributed by atoms with Crippen LogP contribution in [0.1, 0.15) is 72.8 Å². The van der Waals surface area contributed by atoms with Crippen LogP contribution in [-0.2, 0) is 0 Å². The molecule has 1 atom stereocenters. The third-order valence-corrected chi connectivity index (χ3v) is 6.20. The fraction of sp³-hybridized carbons (Fsp3) is 0.407. The number of carbonyl (C=O) groups is 1. The van der Waals surface area contributed by atoms with Gasteiger partial charge in [0.25, 0.3) is 5.91 Å². The average molecular weight is 448 g/mol. The van der Waals surface area contributed by atoms with E-state index in [0.29, 0.717) is 24.6 Å². The van der Waals surface area contributed by atoms with Crippen molar-refractivity contribution >= 4 is 5.91 Å². The molecule has 1 N–H and O–H groups in total. The Kier molecular flexibility index (Phi) is 7.02. The first kappa shape index (κ1) is 22.9. The van der Waals surface area contributed by atoms with E-state index in [1.165, 1.54) is 5.56 Å². The maximum atomic E-state index is 13.4. The highest BCUT2D eigenvalue weighted by atomic mass is 16.5. The minimum absolute atomic E-state index is 0.00319. The molecule has 0 aliphatic carbocycles. The van der Waals surface area contributed by atoms with Crippen molar-refractivity contribution in [3.63, 3.8) is 0 Å². The lowest BCUT2D eigenvalue weighted by Crippen LogP contribution is -2.30. The third kappa shape index (κ3) is 4.47. The van der Waals surface area contributed by atoms with Crippen LogP contribution in [0.4, 0.5) is 0 Å². The Morgan fingerprint density at radius 3 is 2.48 bits per heavy atom. The highest BCUT2D eigenvalue weighted by Crippen LogP contribution is 2.44. The number of benzene rings is 2. The van der Waals surface area contributed by atoms with Crippen molar-refractivity contribution in [3.8, 4) is 22.8 Å². The number of nitrogens with one attached hydrogen (secondary N) is 1. The molecule has 0 saturated carbocycles. The number of aromatic nitrogens is 2. The first-order chi connectivity index (χ1) is 16.1. The van der Waals surface area contributed by atoms with Gasteiger partial charge in [0.2, 0.25) is 0 Å². The number of carbonyl (C=O) groups excluding carboxylic acids is 1. The summed E-state index contributed by atoms with van der Waals surface area (Å²) in [5.74, 6) is 1.40. The van der Waals surface area contributed by atoms with E-state index in [9.17, 15) is 4.79 Å². The van der Waals surface area contributed by atoms with Crippen molar-refractivity contribution in [3.05, 3.63) is 64.8 Å². The van der Waals surface area contributed by atoms with Crippen LogP contribution in [0.25, 0.3) is 11.3 Å². The van der Waals surface area contributed by atoms with Crippen molar-refractivity contribution in [2.24, 2.45) is 0 Å². The van der Waals surface area contributed by atoms with Gasteiger partial charge in [-0.15, -0.1) is 0 Å². The zero-order valence-electron chi connectivity index (χ0n) is 20.0. The summed E-state index contributed by atoms with van der Waals surface area (Å²) in [5.41, 5.74) is 5.51. The van der Waals surface area contributed by atoms with Crippen molar-refractivity contribution < 1.29 is 14.3 Å². The van der Waals surface area contributed by atoms with Gasteiger partial charge in [0, 0.05) is 17.7 Å². The first-order valence-electron chi connectivity index (χ1n) is 11.9. The van der Waals surface area contributed by atoms with Crippen LogP contribution in [0, 0.1) is 6.92 Å². The van der Waals surface area contributed by atoms with Gasteiger partial charge in [-0.1, -0.05) is 62.6 Å². The minimum Gasteiger partial charge on any atom is -0.493 e. The summed E-state index contributed by atoms with van der Waals surface area (Å²) in [4.78, 5) is 15.3. The maximum absolute atomic E-state index is 13.4. The lowest BCUT2D eigenvalue weighted by molar-refractivity contribution is 0.0741. The number of amides is 1. The Morgan fingerprint density at radius 1 is 1.03 bits per heavy atom. The summed E-state index contributed by atoms with van der Waals surface area (Å²) in [6, 6.07) is 14.0. The van der Waals surface area contributed by atoms with Crippen molar-refractivity contribution in [1.82, 2.24) is 15.1 Å². The topological polar surface area (TPSA) is 67.5 Å². The highest BCUT2D eigenvalue weighted by Gasteiger charge is 2.42. The number of H-pyrrole nitrogens is 1. The molecule has 1 aromatic heterocycles. The van der Waals surface area contributed by atoms with Crippen LogP contribution in [0.5, 0.6) is 11.5 Å². The zero-order valence-corrected chi connectivity index (χ0v) is 20.0. The molecule has 1 unspecified atom stereocenters. The summed E-state index contributed by atoms with van der Waals surface area (Å²) in [6.45, 7) is 7.68. The third-order valence-electron chi connectivity index (χ3n) is 6.20. The number of rotatable bonds is 10. The van der Waals surface area contributed by atoms with E-state index in [0.717, 1.165) is 53.8 Å². The van der Waals surface area contributed by atoms with E-state index in [4.69, 9.17) is 9.47 Å². The van der Waals surface area contributed by atoms with Crippen molar-refractivity contribution in [1.29, 1.82) is 0 Å². The number of nitrogens with zero attached hydrogens (tertiary/aromatic N) is 2. The molecule has 1 amide bonds.